The van der Waals surface area contributed by atoms with Crippen LogP contribution in [0.2, 0.25) is 0 Å². The Morgan fingerprint density at radius 1 is 1.39 bits per heavy atom. The molecule has 1 atom stereocenters. The van der Waals surface area contributed by atoms with Crippen molar-refractivity contribution in [3.05, 3.63) is 11.7 Å². The summed E-state index contributed by atoms with van der Waals surface area (Å²) in [6, 6.07) is 0.423. The second-order valence-electron chi connectivity index (χ2n) is 5.72. The third-order valence-corrected chi connectivity index (χ3v) is 3.87. The maximum atomic E-state index is 5.36. The highest BCUT2D eigenvalue weighted by molar-refractivity contribution is 4.93. The minimum Gasteiger partial charge on any atom is -0.339 e. The average Bonchev–Trinajstić information content (AvgIpc) is 2.70. The first-order valence-electron chi connectivity index (χ1n) is 7.23. The fourth-order valence-corrected chi connectivity index (χ4v) is 2.40. The van der Waals surface area contributed by atoms with Crippen LogP contribution >= 0.6 is 0 Å². The minimum atomic E-state index is 0.423. The van der Waals surface area contributed by atoms with Gasteiger partial charge in [-0.05, 0) is 18.4 Å². The van der Waals surface area contributed by atoms with Crippen molar-refractivity contribution in [1.82, 2.24) is 15.5 Å². The molecule has 2 rings (SSSR count). The van der Waals surface area contributed by atoms with E-state index in [1.807, 2.05) is 0 Å². The summed E-state index contributed by atoms with van der Waals surface area (Å²) in [6.07, 6.45) is 5.86. The van der Waals surface area contributed by atoms with Gasteiger partial charge in [0.2, 0.25) is 5.89 Å². The fraction of sp³-hybridized carbons (Fsp3) is 0.857. The zero-order chi connectivity index (χ0) is 13.0. The summed E-state index contributed by atoms with van der Waals surface area (Å²) in [4.78, 5) is 4.52. The van der Waals surface area contributed by atoms with Crippen LogP contribution in [0.3, 0.4) is 0 Å². The maximum absolute atomic E-state index is 5.36. The van der Waals surface area contributed by atoms with E-state index in [1.165, 1.54) is 19.3 Å². The van der Waals surface area contributed by atoms with E-state index in [1.54, 1.807) is 0 Å². The lowest BCUT2D eigenvalue weighted by Gasteiger charge is -2.23. The molecule has 102 valence electrons. The van der Waals surface area contributed by atoms with E-state index >= 15 is 0 Å². The lowest BCUT2D eigenvalue weighted by atomic mass is 9.83. The molecule has 4 nitrogen and oxygen atoms in total. The molecule has 0 aromatic carbocycles. The van der Waals surface area contributed by atoms with E-state index in [2.05, 4.69) is 36.2 Å². The Morgan fingerprint density at radius 2 is 2.17 bits per heavy atom. The number of nitrogens with zero attached hydrogens (tertiary/aromatic N) is 2. The molecule has 0 amide bonds. The maximum Gasteiger partial charge on any atom is 0.228 e. The Hall–Kier alpha value is -0.900. The van der Waals surface area contributed by atoms with Crippen molar-refractivity contribution >= 4 is 0 Å². The molecule has 1 aliphatic carbocycles. The molecule has 1 aromatic heterocycles. The highest BCUT2D eigenvalue weighted by atomic mass is 16.5. The van der Waals surface area contributed by atoms with E-state index in [-0.39, 0.29) is 0 Å². The van der Waals surface area contributed by atoms with E-state index < -0.39 is 0 Å². The van der Waals surface area contributed by atoms with Gasteiger partial charge in [-0.15, -0.1) is 0 Å². The number of likely N-dealkylation sites (N-methyl/N-ethyl adjacent to an activating group) is 1. The van der Waals surface area contributed by atoms with Crippen molar-refractivity contribution < 1.29 is 4.52 Å². The van der Waals surface area contributed by atoms with Crippen LogP contribution < -0.4 is 5.32 Å². The van der Waals surface area contributed by atoms with Crippen molar-refractivity contribution in [3.63, 3.8) is 0 Å². The van der Waals surface area contributed by atoms with Crippen molar-refractivity contribution in [1.29, 1.82) is 0 Å². The summed E-state index contributed by atoms with van der Waals surface area (Å²) in [5, 5.41) is 7.57. The van der Waals surface area contributed by atoms with E-state index in [0.717, 1.165) is 37.0 Å². The second kappa shape index (κ2) is 6.32. The van der Waals surface area contributed by atoms with Crippen LogP contribution in [0.1, 0.15) is 51.7 Å². The Kier molecular flexibility index (Phi) is 4.75. The third kappa shape index (κ3) is 3.55. The van der Waals surface area contributed by atoms with E-state index in [9.17, 15) is 0 Å². The molecule has 18 heavy (non-hydrogen) atoms. The van der Waals surface area contributed by atoms with Gasteiger partial charge < -0.3 is 9.84 Å². The van der Waals surface area contributed by atoms with Gasteiger partial charge in [-0.2, -0.15) is 4.98 Å². The topological polar surface area (TPSA) is 51.0 Å². The number of nitrogens with one attached hydrogen (secondary N) is 1. The first-order valence-corrected chi connectivity index (χ1v) is 7.23. The van der Waals surface area contributed by atoms with Crippen LogP contribution in [0.5, 0.6) is 0 Å². The van der Waals surface area contributed by atoms with Gasteiger partial charge >= 0.3 is 0 Å². The molecule has 1 unspecified atom stereocenters. The first-order chi connectivity index (χ1) is 8.69. The summed E-state index contributed by atoms with van der Waals surface area (Å²) >= 11 is 0. The van der Waals surface area contributed by atoms with Gasteiger partial charge in [0, 0.05) is 18.9 Å². The van der Waals surface area contributed by atoms with Crippen molar-refractivity contribution in [2.75, 3.05) is 6.54 Å². The predicted octanol–water partition coefficient (Wildman–Crippen LogP) is 2.59. The highest BCUT2D eigenvalue weighted by Gasteiger charge is 2.21. The SMILES string of the molecule is CCNC(Cc1nc(CC2CCC2)no1)C(C)C. The molecule has 0 saturated heterocycles. The number of aromatic nitrogens is 2. The molecule has 1 N–H and O–H groups in total. The first kappa shape index (κ1) is 13.5. The van der Waals surface area contributed by atoms with Gasteiger partial charge in [-0.3, -0.25) is 0 Å². The molecule has 1 aliphatic rings. The van der Waals surface area contributed by atoms with Gasteiger partial charge in [0.05, 0.1) is 0 Å². The summed E-state index contributed by atoms with van der Waals surface area (Å²) in [5.74, 6) is 3.05. The van der Waals surface area contributed by atoms with Crippen molar-refractivity contribution in [2.45, 2.75) is 58.9 Å². The number of hydrogen-bond acceptors (Lipinski definition) is 4. The zero-order valence-electron chi connectivity index (χ0n) is 11.8. The molecule has 1 heterocycles. The Labute approximate surface area is 110 Å². The van der Waals surface area contributed by atoms with Crippen LogP contribution in [0.4, 0.5) is 0 Å². The van der Waals surface area contributed by atoms with Crippen LogP contribution in [0, 0.1) is 11.8 Å². The molecular weight excluding hydrogens is 226 g/mol. The molecule has 0 aliphatic heterocycles. The van der Waals surface area contributed by atoms with Crippen molar-refractivity contribution in [2.24, 2.45) is 11.8 Å². The highest BCUT2D eigenvalue weighted by Crippen LogP contribution is 2.28. The Balaban J connectivity index is 1.87. The van der Waals surface area contributed by atoms with Gasteiger partial charge in [-0.1, -0.05) is 45.2 Å². The summed E-state index contributed by atoms with van der Waals surface area (Å²) < 4.78 is 5.36. The van der Waals surface area contributed by atoms with Crippen LogP contribution in [0.25, 0.3) is 0 Å². The molecule has 4 heteroatoms. The summed E-state index contributed by atoms with van der Waals surface area (Å²) in [6.45, 7) is 7.55. The average molecular weight is 251 g/mol. The lowest BCUT2D eigenvalue weighted by Crippen LogP contribution is -2.35. The molecule has 1 aromatic rings. The van der Waals surface area contributed by atoms with Crippen molar-refractivity contribution in [3.8, 4) is 0 Å². The van der Waals surface area contributed by atoms with E-state index in [4.69, 9.17) is 4.52 Å². The minimum absolute atomic E-state index is 0.423. The molecule has 0 spiro atoms. The standard InChI is InChI=1S/C14H25N3O/c1-4-15-12(10(2)3)9-14-16-13(17-18-14)8-11-6-5-7-11/h10-12,15H,4-9H2,1-3H3. The largest absolute Gasteiger partial charge is 0.339 e. The fourth-order valence-electron chi connectivity index (χ4n) is 2.40. The molecule has 0 bridgehead atoms. The smallest absolute Gasteiger partial charge is 0.228 e. The van der Waals surface area contributed by atoms with Gasteiger partial charge in [0.1, 0.15) is 0 Å². The molecular formula is C14H25N3O. The molecule has 1 saturated carbocycles. The third-order valence-electron chi connectivity index (χ3n) is 3.87. The van der Waals surface area contributed by atoms with Gasteiger partial charge in [0.15, 0.2) is 5.82 Å². The van der Waals surface area contributed by atoms with Crippen LogP contribution in [0.15, 0.2) is 4.52 Å². The van der Waals surface area contributed by atoms with Gasteiger partial charge in [0.25, 0.3) is 0 Å². The summed E-state index contributed by atoms with van der Waals surface area (Å²) in [7, 11) is 0. The molecule has 0 radical (unpaired) electrons. The Morgan fingerprint density at radius 3 is 2.72 bits per heavy atom. The number of hydrogen-bond donors (Lipinski definition) is 1. The van der Waals surface area contributed by atoms with E-state index in [0.29, 0.717) is 12.0 Å². The zero-order valence-corrected chi connectivity index (χ0v) is 11.8. The normalized spacial score (nSPS) is 18.0. The lowest BCUT2D eigenvalue weighted by molar-refractivity contribution is 0.299. The number of rotatable bonds is 7. The Bertz CT molecular complexity index is 358. The summed E-state index contributed by atoms with van der Waals surface area (Å²) in [5.41, 5.74) is 0. The monoisotopic (exact) mass is 251 g/mol. The quantitative estimate of drug-likeness (QED) is 0.809. The second-order valence-corrected chi connectivity index (χ2v) is 5.72. The van der Waals surface area contributed by atoms with Crippen LogP contribution in [-0.4, -0.2) is 22.7 Å². The molecule has 1 fully saturated rings. The van der Waals surface area contributed by atoms with Crippen LogP contribution in [-0.2, 0) is 12.8 Å². The van der Waals surface area contributed by atoms with Gasteiger partial charge in [-0.25, -0.2) is 0 Å². The predicted molar refractivity (Wildman–Crippen MR) is 71.3 cm³/mol.